The second kappa shape index (κ2) is 4.72. The topological polar surface area (TPSA) is 39.9 Å². The van der Waals surface area contributed by atoms with Crippen molar-refractivity contribution in [3.8, 4) is 11.6 Å². The van der Waals surface area contributed by atoms with Crippen LogP contribution in [0.2, 0.25) is 5.02 Å². The van der Waals surface area contributed by atoms with E-state index in [1.165, 1.54) is 0 Å². The van der Waals surface area contributed by atoms with Crippen LogP contribution < -0.4 is 4.74 Å². The lowest BCUT2D eigenvalue weighted by molar-refractivity contribution is 0.462. The van der Waals surface area contributed by atoms with Crippen molar-refractivity contribution >= 4 is 23.2 Å². The first-order valence-corrected chi connectivity index (χ1v) is 5.47. The van der Waals surface area contributed by atoms with Gasteiger partial charge in [-0.25, -0.2) is 4.98 Å². The van der Waals surface area contributed by atoms with Crippen LogP contribution in [0, 0.1) is 0 Å². The number of rotatable bonds is 3. The van der Waals surface area contributed by atoms with Crippen molar-refractivity contribution in [3.63, 3.8) is 0 Å². The summed E-state index contributed by atoms with van der Waals surface area (Å²) < 4.78 is 7.10. The first kappa shape index (κ1) is 11.2. The quantitative estimate of drug-likeness (QED) is 0.794. The highest BCUT2D eigenvalue weighted by atomic mass is 35.5. The third kappa shape index (κ3) is 2.46. The van der Waals surface area contributed by atoms with Crippen molar-refractivity contribution in [3.05, 3.63) is 35.2 Å². The van der Waals surface area contributed by atoms with Gasteiger partial charge in [-0.05, 0) is 11.6 Å². The second-order valence-electron chi connectivity index (χ2n) is 3.22. The summed E-state index contributed by atoms with van der Waals surface area (Å²) in [5, 5.41) is 4.41. The van der Waals surface area contributed by atoms with Crippen LogP contribution in [0.4, 0.5) is 0 Å². The molecule has 0 spiro atoms. The van der Waals surface area contributed by atoms with Gasteiger partial charge in [0.15, 0.2) is 5.75 Å². The molecule has 0 saturated heterocycles. The molecule has 84 valence electrons. The van der Waals surface area contributed by atoms with E-state index < -0.39 is 0 Å². The normalized spacial score (nSPS) is 10.4. The first-order chi connectivity index (χ1) is 7.69. The third-order valence-electron chi connectivity index (χ3n) is 1.91. The van der Waals surface area contributed by atoms with Crippen molar-refractivity contribution in [2.45, 2.75) is 5.88 Å². The molecule has 0 saturated carbocycles. The Kier molecular flexibility index (Phi) is 3.31. The van der Waals surface area contributed by atoms with Gasteiger partial charge in [0.25, 0.3) is 0 Å². The first-order valence-electron chi connectivity index (χ1n) is 4.56. The molecule has 2 aromatic rings. The Morgan fingerprint density at radius 2 is 2.25 bits per heavy atom. The highest BCUT2D eigenvalue weighted by molar-refractivity contribution is 6.32. The van der Waals surface area contributed by atoms with Gasteiger partial charge >= 0.3 is 0 Å². The number of hydrogen-bond donors (Lipinski definition) is 0. The highest BCUT2D eigenvalue weighted by Crippen LogP contribution is 2.27. The summed E-state index contributed by atoms with van der Waals surface area (Å²) in [4.78, 5) is 4.08. The van der Waals surface area contributed by atoms with Gasteiger partial charge in [0, 0.05) is 19.1 Å². The Balaban J connectivity index is 2.21. The fraction of sp³-hybridized carbons (Fsp3) is 0.200. The van der Waals surface area contributed by atoms with E-state index in [-0.39, 0.29) is 0 Å². The molecule has 6 heteroatoms. The van der Waals surface area contributed by atoms with Crippen LogP contribution in [0.5, 0.6) is 11.6 Å². The lowest BCUT2D eigenvalue weighted by Gasteiger charge is -2.04. The van der Waals surface area contributed by atoms with E-state index in [1.807, 2.05) is 0 Å². The number of nitrogens with zero attached hydrogens (tertiary/aromatic N) is 3. The molecule has 2 aromatic heterocycles. The van der Waals surface area contributed by atoms with Crippen LogP contribution >= 0.6 is 23.2 Å². The summed E-state index contributed by atoms with van der Waals surface area (Å²) in [6.07, 6.45) is 4.95. The fourth-order valence-electron chi connectivity index (χ4n) is 1.18. The summed E-state index contributed by atoms with van der Waals surface area (Å²) in [7, 11) is 1.80. The molecule has 0 aromatic carbocycles. The average Bonchev–Trinajstić information content (AvgIpc) is 2.67. The zero-order valence-electron chi connectivity index (χ0n) is 8.52. The highest BCUT2D eigenvalue weighted by Gasteiger charge is 2.07. The number of ether oxygens (including phenoxy) is 1. The number of pyridine rings is 1. The van der Waals surface area contributed by atoms with Gasteiger partial charge in [-0.15, -0.1) is 11.6 Å². The predicted molar refractivity (Wildman–Crippen MR) is 62.1 cm³/mol. The molecule has 0 fully saturated rings. The van der Waals surface area contributed by atoms with Crippen molar-refractivity contribution in [1.29, 1.82) is 0 Å². The van der Waals surface area contributed by atoms with Gasteiger partial charge in [0.05, 0.1) is 12.4 Å². The van der Waals surface area contributed by atoms with Gasteiger partial charge in [-0.3, -0.25) is 4.68 Å². The Bertz CT molecular complexity index is 499. The molecule has 0 aliphatic carbocycles. The maximum absolute atomic E-state index is 5.99. The van der Waals surface area contributed by atoms with Gasteiger partial charge in [-0.1, -0.05) is 11.6 Å². The van der Waals surface area contributed by atoms with Crippen LogP contribution in [0.15, 0.2) is 24.7 Å². The largest absolute Gasteiger partial charge is 0.434 e. The number of alkyl halides is 1. The van der Waals surface area contributed by atoms with Crippen LogP contribution in [0.25, 0.3) is 0 Å². The minimum absolute atomic E-state index is 0.350. The monoisotopic (exact) mass is 257 g/mol. The standard InChI is InChI=1S/C10H9Cl2N3O/c1-15-6-8(5-14-15)16-10-9(12)2-7(3-11)4-13-10/h2,4-6H,3H2,1H3. The van der Waals surface area contributed by atoms with E-state index >= 15 is 0 Å². The smallest absolute Gasteiger partial charge is 0.238 e. The molecule has 0 atom stereocenters. The summed E-state index contributed by atoms with van der Waals surface area (Å²) in [5.41, 5.74) is 0.852. The number of aryl methyl sites for hydroxylation is 1. The Morgan fingerprint density at radius 3 is 2.81 bits per heavy atom. The molecule has 0 aliphatic heterocycles. The molecule has 0 bridgehead atoms. The van der Waals surface area contributed by atoms with Crippen LogP contribution in [0.1, 0.15) is 5.56 Å². The number of aromatic nitrogens is 3. The number of hydrogen-bond acceptors (Lipinski definition) is 3. The SMILES string of the molecule is Cn1cc(Oc2ncc(CCl)cc2Cl)cn1. The lowest BCUT2D eigenvalue weighted by atomic mass is 10.3. The fourth-order valence-corrected chi connectivity index (χ4v) is 1.55. The van der Waals surface area contributed by atoms with E-state index in [0.717, 1.165) is 5.56 Å². The van der Waals surface area contributed by atoms with Gasteiger partial charge < -0.3 is 4.74 Å². The molecule has 0 radical (unpaired) electrons. The molecule has 0 N–H and O–H groups in total. The maximum Gasteiger partial charge on any atom is 0.238 e. The van der Waals surface area contributed by atoms with Crippen molar-refractivity contribution in [1.82, 2.24) is 14.8 Å². The molecule has 0 aliphatic rings. The van der Waals surface area contributed by atoms with Crippen LogP contribution in [-0.2, 0) is 12.9 Å². The van der Waals surface area contributed by atoms with Crippen molar-refractivity contribution < 1.29 is 4.74 Å². The van der Waals surface area contributed by atoms with Gasteiger partial charge in [0.2, 0.25) is 5.88 Å². The molecule has 2 rings (SSSR count). The Morgan fingerprint density at radius 1 is 1.44 bits per heavy atom. The van der Waals surface area contributed by atoms with E-state index in [1.54, 1.807) is 36.4 Å². The molecule has 0 amide bonds. The van der Waals surface area contributed by atoms with E-state index in [4.69, 9.17) is 27.9 Å². The van der Waals surface area contributed by atoms with Crippen molar-refractivity contribution in [2.75, 3.05) is 0 Å². The predicted octanol–water partition coefficient (Wildman–Crippen LogP) is 3.00. The van der Waals surface area contributed by atoms with Gasteiger partial charge in [0.1, 0.15) is 5.02 Å². The van der Waals surface area contributed by atoms with E-state index in [0.29, 0.717) is 22.5 Å². The molecule has 2 heterocycles. The minimum Gasteiger partial charge on any atom is -0.434 e. The van der Waals surface area contributed by atoms with E-state index in [9.17, 15) is 0 Å². The summed E-state index contributed by atoms with van der Waals surface area (Å²) >= 11 is 11.7. The zero-order valence-corrected chi connectivity index (χ0v) is 10.0. The zero-order chi connectivity index (χ0) is 11.5. The lowest BCUT2D eigenvalue weighted by Crippen LogP contribution is -1.90. The summed E-state index contributed by atoms with van der Waals surface area (Å²) in [6, 6.07) is 1.73. The van der Waals surface area contributed by atoms with Gasteiger partial charge in [-0.2, -0.15) is 5.10 Å². The average molecular weight is 258 g/mol. The summed E-state index contributed by atoms with van der Waals surface area (Å²) in [5.74, 6) is 1.32. The van der Waals surface area contributed by atoms with Crippen molar-refractivity contribution in [2.24, 2.45) is 7.05 Å². The number of halogens is 2. The second-order valence-corrected chi connectivity index (χ2v) is 3.89. The Hall–Kier alpha value is -1.26. The minimum atomic E-state index is 0.350. The molecule has 16 heavy (non-hydrogen) atoms. The van der Waals surface area contributed by atoms with E-state index in [2.05, 4.69) is 10.1 Å². The van der Waals surface area contributed by atoms with Crippen LogP contribution in [-0.4, -0.2) is 14.8 Å². The third-order valence-corrected chi connectivity index (χ3v) is 2.49. The molecular formula is C10H9Cl2N3O. The molecule has 4 nitrogen and oxygen atoms in total. The molecular weight excluding hydrogens is 249 g/mol. The molecule has 0 unspecified atom stereocenters. The van der Waals surface area contributed by atoms with Crippen LogP contribution in [0.3, 0.4) is 0 Å². The Labute approximate surface area is 103 Å². The maximum atomic E-state index is 5.99. The summed E-state index contributed by atoms with van der Waals surface area (Å²) in [6.45, 7) is 0.